The Bertz CT molecular complexity index is 657. The molecule has 1 heterocycles. The fourth-order valence-corrected chi connectivity index (χ4v) is 2.52. The maximum atomic E-state index is 6.15. The molecule has 110 valence electrons. The number of hydrogen-bond acceptors (Lipinski definition) is 3. The van der Waals surface area contributed by atoms with E-state index in [0.717, 1.165) is 28.6 Å². The summed E-state index contributed by atoms with van der Waals surface area (Å²) in [5, 5.41) is 4.31. The third-order valence-electron chi connectivity index (χ3n) is 3.75. The zero-order chi connectivity index (χ0) is 14.8. The van der Waals surface area contributed by atoms with Crippen molar-refractivity contribution in [1.82, 2.24) is 5.32 Å². The first kappa shape index (κ1) is 14.2. The lowest BCUT2D eigenvalue weighted by atomic mass is 10.1. The number of nitrogens with one attached hydrogen (secondary N) is 1. The van der Waals surface area contributed by atoms with E-state index in [4.69, 9.17) is 21.1 Å². The first-order valence-electron chi connectivity index (χ1n) is 7.01. The molecular formula is C17H18ClNO2. The molecule has 1 atom stereocenters. The maximum absolute atomic E-state index is 6.15. The molecule has 0 amide bonds. The van der Waals surface area contributed by atoms with Gasteiger partial charge in [-0.05, 0) is 48.7 Å². The van der Waals surface area contributed by atoms with Crippen LogP contribution in [0.15, 0.2) is 36.4 Å². The molecule has 4 heteroatoms. The van der Waals surface area contributed by atoms with E-state index in [1.54, 1.807) is 0 Å². The predicted octanol–water partition coefficient (Wildman–Crippen LogP) is 4.23. The van der Waals surface area contributed by atoms with Gasteiger partial charge in [0.25, 0.3) is 0 Å². The van der Waals surface area contributed by atoms with E-state index in [1.807, 2.05) is 31.2 Å². The lowest BCUT2D eigenvalue weighted by molar-refractivity contribution is 0.174. The number of rotatable bonds is 4. The zero-order valence-corrected chi connectivity index (χ0v) is 12.9. The number of halogens is 1. The summed E-state index contributed by atoms with van der Waals surface area (Å²) < 4.78 is 10.7. The van der Waals surface area contributed by atoms with Crippen molar-refractivity contribution < 1.29 is 9.47 Å². The largest absolute Gasteiger partial charge is 0.454 e. The summed E-state index contributed by atoms with van der Waals surface area (Å²) in [5.41, 5.74) is 3.46. The normalized spacial score (nSPS) is 14.2. The van der Waals surface area contributed by atoms with Crippen LogP contribution in [-0.4, -0.2) is 6.79 Å². The van der Waals surface area contributed by atoms with E-state index in [9.17, 15) is 0 Å². The van der Waals surface area contributed by atoms with Crippen molar-refractivity contribution in [3.63, 3.8) is 0 Å². The molecule has 0 aromatic heterocycles. The lowest BCUT2D eigenvalue weighted by Crippen LogP contribution is -2.18. The van der Waals surface area contributed by atoms with Gasteiger partial charge in [-0.1, -0.05) is 29.8 Å². The smallest absolute Gasteiger partial charge is 0.231 e. The van der Waals surface area contributed by atoms with Crippen LogP contribution in [0.1, 0.15) is 29.7 Å². The topological polar surface area (TPSA) is 30.5 Å². The van der Waals surface area contributed by atoms with Gasteiger partial charge in [0.1, 0.15) is 0 Å². The summed E-state index contributed by atoms with van der Waals surface area (Å²) in [5.74, 6) is 1.63. The minimum Gasteiger partial charge on any atom is -0.454 e. The van der Waals surface area contributed by atoms with Crippen LogP contribution in [0.2, 0.25) is 5.02 Å². The molecule has 0 aliphatic carbocycles. The van der Waals surface area contributed by atoms with Gasteiger partial charge in [-0.25, -0.2) is 0 Å². The minimum absolute atomic E-state index is 0.222. The first-order valence-corrected chi connectivity index (χ1v) is 7.39. The Labute approximate surface area is 129 Å². The van der Waals surface area contributed by atoms with Crippen molar-refractivity contribution in [3.8, 4) is 11.5 Å². The monoisotopic (exact) mass is 303 g/mol. The predicted molar refractivity (Wildman–Crippen MR) is 84.0 cm³/mol. The molecule has 2 aromatic carbocycles. The van der Waals surface area contributed by atoms with Crippen LogP contribution in [0, 0.1) is 6.92 Å². The molecule has 1 aliphatic heterocycles. The zero-order valence-electron chi connectivity index (χ0n) is 12.2. The van der Waals surface area contributed by atoms with Crippen LogP contribution in [0.4, 0.5) is 0 Å². The average molecular weight is 304 g/mol. The van der Waals surface area contributed by atoms with Gasteiger partial charge in [0.15, 0.2) is 11.5 Å². The van der Waals surface area contributed by atoms with E-state index >= 15 is 0 Å². The van der Waals surface area contributed by atoms with Crippen molar-refractivity contribution in [2.24, 2.45) is 0 Å². The molecule has 21 heavy (non-hydrogen) atoms. The second-order valence-electron chi connectivity index (χ2n) is 5.30. The number of hydrogen-bond donors (Lipinski definition) is 1. The molecule has 1 unspecified atom stereocenters. The summed E-state index contributed by atoms with van der Waals surface area (Å²) in [6.07, 6.45) is 0. The molecule has 2 aromatic rings. The lowest BCUT2D eigenvalue weighted by Gasteiger charge is -2.15. The molecule has 0 saturated carbocycles. The Balaban J connectivity index is 1.66. The van der Waals surface area contributed by atoms with Crippen molar-refractivity contribution in [1.29, 1.82) is 0 Å². The van der Waals surface area contributed by atoms with Crippen molar-refractivity contribution in [2.75, 3.05) is 6.79 Å². The third kappa shape index (κ3) is 3.14. The van der Waals surface area contributed by atoms with Gasteiger partial charge >= 0.3 is 0 Å². The average Bonchev–Trinajstić information content (AvgIpc) is 2.95. The highest BCUT2D eigenvalue weighted by Gasteiger charge is 2.15. The Morgan fingerprint density at radius 1 is 1.14 bits per heavy atom. The quantitative estimate of drug-likeness (QED) is 0.917. The second kappa shape index (κ2) is 5.96. The van der Waals surface area contributed by atoms with Crippen LogP contribution in [0.3, 0.4) is 0 Å². The standard InChI is InChI=1S/C17H18ClNO2/c1-11-3-4-13(7-15(11)18)9-19-12(2)14-5-6-16-17(8-14)21-10-20-16/h3-8,12,19H,9-10H2,1-2H3. The third-order valence-corrected chi connectivity index (χ3v) is 4.15. The van der Waals surface area contributed by atoms with E-state index < -0.39 is 0 Å². The highest BCUT2D eigenvalue weighted by atomic mass is 35.5. The van der Waals surface area contributed by atoms with Gasteiger partial charge in [-0.2, -0.15) is 0 Å². The van der Waals surface area contributed by atoms with Crippen LogP contribution < -0.4 is 14.8 Å². The van der Waals surface area contributed by atoms with Gasteiger partial charge in [-0.3, -0.25) is 0 Å². The molecule has 0 saturated heterocycles. The summed E-state index contributed by atoms with van der Waals surface area (Å²) in [6.45, 7) is 5.22. The van der Waals surface area contributed by atoms with E-state index in [0.29, 0.717) is 6.79 Å². The number of fused-ring (bicyclic) bond motifs is 1. The Morgan fingerprint density at radius 2 is 1.95 bits per heavy atom. The first-order chi connectivity index (χ1) is 10.1. The molecule has 3 rings (SSSR count). The number of ether oxygens (including phenoxy) is 2. The molecule has 0 radical (unpaired) electrons. The van der Waals surface area contributed by atoms with Crippen LogP contribution in [0.5, 0.6) is 11.5 Å². The SMILES string of the molecule is Cc1ccc(CNC(C)c2ccc3c(c2)OCO3)cc1Cl. The summed E-state index contributed by atoms with van der Waals surface area (Å²) in [6, 6.07) is 12.4. The molecule has 1 aliphatic rings. The fourth-order valence-electron chi connectivity index (χ4n) is 2.32. The van der Waals surface area contributed by atoms with E-state index in [1.165, 1.54) is 11.1 Å². The highest BCUT2D eigenvalue weighted by Crippen LogP contribution is 2.34. The number of aryl methyl sites for hydroxylation is 1. The molecule has 0 fully saturated rings. The molecule has 1 N–H and O–H groups in total. The van der Waals surface area contributed by atoms with Gasteiger partial charge in [0.05, 0.1) is 0 Å². The van der Waals surface area contributed by atoms with Gasteiger partial charge in [-0.15, -0.1) is 0 Å². The Kier molecular flexibility index (Phi) is 4.04. The van der Waals surface area contributed by atoms with Gasteiger partial charge in [0.2, 0.25) is 6.79 Å². The summed E-state index contributed by atoms with van der Waals surface area (Å²) in [7, 11) is 0. The van der Waals surface area contributed by atoms with Crippen LogP contribution in [-0.2, 0) is 6.54 Å². The van der Waals surface area contributed by atoms with Crippen LogP contribution >= 0.6 is 11.6 Å². The summed E-state index contributed by atoms with van der Waals surface area (Å²) >= 11 is 6.15. The maximum Gasteiger partial charge on any atom is 0.231 e. The van der Waals surface area contributed by atoms with E-state index in [2.05, 4.69) is 24.4 Å². The highest BCUT2D eigenvalue weighted by molar-refractivity contribution is 6.31. The second-order valence-corrected chi connectivity index (χ2v) is 5.71. The molecule has 3 nitrogen and oxygen atoms in total. The van der Waals surface area contributed by atoms with Crippen LogP contribution in [0.25, 0.3) is 0 Å². The van der Waals surface area contributed by atoms with Crippen molar-refractivity contribution in [3.05, 3.63) is 58.1 Å². The Hall–Kier alpha value is -1.71. The molecule has 0 spiro atoms. The summed E-state index contributed by atoms with van der Waals surface area (Å²) in [4.78, 5) is 0. The minimum atomic E-state index is 0.222. The Morgan fingerprint density at radius 3 is 2.76 bits per heavy atom. The molecule has 0 bridgehead atoms. The van der Waals surface area contributed by atoms with Gasteiger partial charge < -0.3 is 14.8 Å². The van der Waals surface area contributed by atoms with E-state index in [-0.39, 0.29) is 6.04 Å². The van der Waals surface area contributed by atoms with Gasteiger partial charge in [0, 0.05) is 17.6 Å². The number of benzene rings is 2. The van der Waals surface area contributed by atoms with Crippen molar-refractivity contribution >= 4 is 11.6 Å². The molecular weight excluding hydrogens is 286 g/mol. The van der Waals surface area contributed by atoms with Crippen molar-refractivity contribution in [2.45, 2.75) is 26.4 Å². The fraction of sp³-hybridized carbons (Fsp3) is 0.294.